The summed E-state index contributed by atoms with van der Waals surface area (Å²) in [5, 5.41) is 13.5. The van der Waals surface area contributed by atoms with Crippen LogP contribution in [0.15, 0.2) is 35.3 Å². The maximum atomic E-state index is 12.4. The van der Waals surface area contributed by atoms with E-state index >= 15 is 0 Å². The van der Waals surface area contributed by atoms with Crippen LogP contribution in [0.4, 0.5) is 0 Å². The van der Waals surface area contributed by atoms with Crippen molar-refractivity contribution < 1.29 is 4.79 Å². The number of benzene rings is 1. The number of nitrogens with zero attached hydrogens (tertiary/aromatic N) is 3. The van der Waals surface area contributed by atoms with Crippen LogP contribution in [0.1, 0.15) is 20.4 Å². The molecule has 1 amide bonds. The van der Waals surface area contributed by atoms with Crippen LogP contribution in [0.25, 0.3) is 10.8 Å². The average Bonchev–Trinajstić information content (AvgIpc) is 2.94. The third-order valence-electron chi connectivity index (χ3n) is 3.30. The number of fused-ring (bicyclic) bond motifs is 1. The third-order valence-corrected chi connectivity index (χ3v) is 4.14. The molecule has 1 N–H and O–H groups in total. The lowest BCUT2D eigenvalue weighted by molar-refractivity contribution is 0.0951. The lowest BCUT2D eigenvalue weighted by Gasteiger charge is -2.09. The van der Waals surface area contributed by atoms with Gasteiger partial charge in [-0.1, -0.05) is 29.5 Å². The molecule has 0 aliphatic rings. The van der Waals surface area contributed by atoms with Crippen molar-refractivity contribution in [2.75, 3.05) is 0 Å². The second kappa shape index (κ2) is 5.69. The molecule has 0 radical (unpaired) electrons. The van der Waals surface area contributed by atoms with Crippen LogP contribution in [0.3, 0.4) is 0 Å². The van der Waals surface area contributed by atoms with E-state index in [1.165, 1.54) is 15.9 Å². The van der Waals surface area contributed by atoms with E-state index < -0.39 is 0 Å². The second-order valence-corrected chi connectivity index (χ2v) is 6.17. The molecule has 2 heterocycles. The zero-order chi connectivity index (χ0) is 15.7. The van der Waals surface area contributed by atoms with Gasteiger partial charge in [0.1, 0.15) is 10.0 Å². The first kappa shape index (κ1) is 14.4. The first-order valence-electron chi connectivity index (χ1n) is 6.72. The lowest BCUT2D eigenvalue weighted by Crippen LogP contribution is -2.26. The van der Waals surface area contributed by atoms with E-state index in [0.717, 1.165) is 10.0 Å². The monoisotopic (exact) mass is 314 g/mol. The molecule has 0 aliphatic heterocycles. The quantitative estimate of drug-likeness (QED) is 0.797. The largest absolute Gasteiger partial charge is 0.345 e. The van der Waals surface area contributed by atoms with Crippen LogP contribution in [-0.4, -0.2) is 20.7 Å². The molecule has 6 nitrogen and oxygen atoms in total. The topological polar surface area (TPSA) is 76.9 Å². The molecular formula is C15H14N4O2S. The summed E-state index contributed by atoms with van der Waals surface area (Å²) in [6.45, 7) is 2.19. The molecule has 22 heavy (non-hydrogen) atoms. The number of carbonyl (C=O) groups excluding carboxylic acids is 1. The summed E-state index contributed by atoms with van der Waals surface area (Å²) in [7, 11) is 1.64. The molecule has 3 aromatic rings. The number of nitrogens with one attached hydrogen (secondary N) is 1. The van der Waals surface area contributed by atoms with Gasteiger partial charge in [-0.2, -0.15) is 0 Å². The molecule has 112 valence electrons. The summed E-state index contributed by atoms with van der Waals surface area (Å²) in [5.74, 6) is -0.236. The van der Waals surface area contributed by atoms with Crippen molar-refractivity contribution in [2.45, 2.75) is 13.5 Å². The molecule has 0 fully saturated rings. The summed E-state index contributed by atoms with van der Waals surface area (Å²) in [6, 6.07) is 7.10. The highest BCUT2D eigenvalue weighted by atomic mass is 32.1. The Balaban J connectivity index is 1.94. The van der Waals surface area contributed by atoms with Gasteiger partial charge in [0.15, 0.2) is 0 Å². The number of aryl methyl sites for hydroxylation is 2. The SMILES string of the molecule is Cc1nnc(CNC(=O)c2cn(C)c(=O)c3ccccc23)s1. The summed E-state index contributed by atoms with van der Waals surface area (Å²) in [6.07, 6.45) is 1.56. The van der Waals surface area contributed by atoms with Gasteiger partial charge >= 0.3 is 0 Å². The van der Waals surface area contributed by atoms with Crippen LogP contribution in [0.2, 0.25) is 0 Å². The summed E-state index contributed by atoms with van der Waals surface area (Å²) in [4.78, 5) is 24.5. The minimum Gasteiger partial charge on any atom is -0.345 e. The van der Waals surface area contributed by atoms with Crippen molar-refractivity contribution in [1.29, 1.82) is 0 Å². The molecule has 1 aromatic carbocycles. The number of pyridine rings is 1. The fourth-order valence-electron chi connectivity index (χ4n) is 2.26. The molecule has 0 saturated heterocycles. The van der Waals surface area contributed by atoms with Gasteiger partial charge < -0.3 is 9.88 Å². The van der Waals surface area contributed by atoms with E-state index in [1.807, 2.05) is 13.0 Å². The van der Waals surface area contributed by atoms with Crippen molar-refractivity contribution in [3.05, 3.63) is 56.4 Å². The molecule has 0 bridgehead atoms. The number of aromatic nitrogens is 3. The van der Waals surface area contributed by atoms with Gasteiger partial charge in [0.2, 0.25) is 0 Å². The van der Waals surface area contributed by atoms with E-state index in [1.54, 1.807) is 31.4 Å². The maximum absolute atomic E-state index is 12.4. The van der Waals surface area contributed by atoms with Crippen LogP contribution < -0.4 is 10.9 Å². The maximum Gasteiger partial charge on any atom is 0.258 e. The van der Waals surface area contributed by atoms with Gasteiger partial charge in [-0.05, 0) is 13.0 Å². The van der Waals surface area contributed by atoms with Crippen LogP contribution in [0.5, 0.6) is 0 Å². The van der Waals surface area contributed by atoms with E-state index in [0.29, 0.717) is 22.9 Å². The van der Waals surface area contributed by atoms with E-state index in [-0.39, 0.29) is 11.5 Å². The number of amides is 1. The minimum absolute atomic E-state index is 0.119. The van der Waals surface area contributed by atoms with Crippen molar-refractivity contribution >= 4 is 28.0 Å². The Morgan fingerprint density at radius 3 is 2.68 bits per heavy atom. The van der Waals surface area contributed by atoms with E-state index in [4.69, 9.17) is 0 Å². The molecule has 0 saturated carbocycles. The summed E-state index contributed by atoms with van der Waals surface area (Å²) >= 11 is 1.44. The fourth-order valence-corrected chi connectivity index (χ4v) is 2.91. The Labute approximate surface area is 130 Å². The van der Waals surface area contributed by atoms with Gasteiger partial charge in [-0.25, -0.2) is 0 Å². The predicted molar refractivity (Wildman–Crippen MR) is 85.0 cm³/mol. The molecular weight excluding hydrogens is 300 g/mol. The first-order valence-corrected chi connectivity index (χ1v) is 7.53. The van der Waals surface area contributed by atoms with Gasteiger partial charge in [-0.3, -0.25) is 9.59 Å². The van der Waals surface area contributed by atoms with Gasteiger partial charge in [0.25, 0.3) is 11.5 Å². The standard InChI is InChI=1S/C15H14N4O2S/c1-9-17-18-13(22-9)7-16-14(20)12-8-19(2)15(21)11-6-4-3-5-10(11)12/h3-6,8H,7H2,1-2H3,(H,16,20). The average molecular weight is 314 g/mol. The Bertz CT molecular complexity index is 913. The minimum atomic E-state index is -0.236. The van der Waals surface area contributed by atoms with Crippen molar-refractivity contribution in [3.8, 4) is 0 Å². The van der Waals surface area contributed by atoms with Crippen LogP contribution >= 0.6 is 11.3 Å². The third kappa shape index (κ3) is 2.62. The predicted octanol–water partition coefficient (Wildman–Crippen LogP) is 1.63. The Morgan fingerprint density at radius 2 is 2.00 bits per heavy atom. The smallest absolute Gasteiger partial charge is 0.258 e. The highest BCUT2D eigenvalue weighted by Crippen LogP contribution is 2.15. The summed E-state index contributed by atoms with van der Waals surface area (Å²) in [5.41, 5.74) is 0.353. The summed E-state index contributed by atoms with van der Waals surface area (Å²) < 4.78 is 1.42. The molecule has 0 atom stereocenters. The van der Waals surface area contributed by atoms with Crippen molar-refractivity contribution in [3.63, 3.8) is 0 Å². The molecule has 0 unspecified atom stereocenters. The number of hydrogen-bond acceptors (Lipinski definition) is 5. The van der Waals surface area contributed by atoms with Gasteiger partial charge in [0, 0.05) is 24.0 Å². The van der Waals surface area contributed by atoms with Gasteiger partial charge in [-0.15, -0.1) is 10.2 Å². The fraction of sp³-hybridized carbons (Fsp3) is 0.200. The first-order chi connectivity index (χ1) is 10.6. The number of carbonyl (C=O) groups is 1. The molecule has 0 aliphatic carbocycles. The van der Waals surface area contributed by atoms with Crippen LogP contribution in [0, 0.1) is 6.92 Å². The number of hydrogen-bond donors (Lipinski definition) is 1. The Morgan fingerprint density at radius 1 is 1.27 bits per heavy atom. The van der Waals surface area contributed by atoms with Crippen molar-refractivity contribution in [1.82, 2.24) is 20.1 Å². The second-order valence-electron chi connectivity index (χ2n) is 4.90. The molecule has 2 aromatic heterocycles. The normalized spacial score (nSPS) is 10.8. The van der Waals surface area contributed by atoms with E-state index in [2.05, 4.69) is 15.5 Å². The van der Waals surface area contributed by atoms with E-state index in [9.17, 15) is 9.59 Å². The highest BCUT2D eigenvalue weighted by Gasteiger charge is 2.13. The molecule has 7 heteroatoms. The molecule has 3 rings (SSSR count). The van der Waals surface area contributed by atoms with Crippen LogP contribution in [-0.2, 0) is 13.6 Å². The number of rotatable bonds is 3. The van der Waals surface area contributed by atoms with Gasteiger partial charge in [0.05, 0.1) is 12.1 Å². The Hall–Kier alpha value is -2.54. The zero-order valence-corrected chi connectivity index (χ0v) is 13.0. The Kier molecular flexibility index (Phi) is 3.72. The lowest BCUT2D eigenvalue weighted by atomic mass is 10.1. The zero-order valence-electron chi connectivity index (χ0n) is 12.2. The van der Waals surface area contributed by atoms with Crippen molar-refractivity contribution in [2.24, 2.45) is 7.05 Å². The highest BCUT2D eigenvalue weighted by molar-refractivity contribution is 7.11. The molecule has 0 spiro atoms.